The van der Waals surface area contributed by atoms with Crippen molar-refractivity contribution in [1.82, 2.24) is 4.90 Å². The van der Waals surface area contributed by atoms with Gasteiger partial charge in [-0.2, -0.15) is 0 Å². The summed E-state index contributed by atoms with van der Waals surface area (Å²) in [4.78, 5) is 38.3. The lowest BCUT2D eigenvalue weighted by Gasteiger charge is -2.17. The van der Waals surface area contributed by atoms with Gasteiger partial charge < -0.3 is 5.32 Å². The average Bonchev–Trinajstić information content (AvgIpc) is 2.88. The van der Waals surface area contributed by atoms with E-state index in [4.69, 9.17) is 0 Å². The highest BCUT2D eigenvalue weighted by Gasteiger charge is 2.34. The topological polar surface area (TPSA) is 66.5 Å². The first-order valence-corrected chi connectivity index (χ1v) is 9.24. The van der Waals surface area contributed by atoms with Crippen molar-refractivity contribution in [3.8, 4) is 0 Å². The standard InChI is InChI=1S/C22H24N2O3/c1-14(2)16-11-6-8-15(3)20(16)23-19(25)12-7-13-24-21(26)17-9-4-5-10-18(17)22(24)27/h4-6,8-11,14H,7,12-13H2,1-3H3,(H,23,25). The Morgan fingerprint density at radius 3 is 2.22 bits per heavy atom. The maximum atomic E-state index is 12.4. The maximum Gasteiger partial charge on any atom is 0.261 e. The first-order valence-electron chi connectivity index (χ1n) is 9.24. The van der Waals surface area contributed by atoms with Gasteiger partial charge in [-0.15, -0.1) is 0 Å². The molecule has 3 rings (SSSR count). The van der Waals surface area contributed by atoms with Gasteiger partial charge in [-0.1, -0.05) is 44.2 Å². The van der Waals surface area contributed by atoms with Gasteiger partial charge in [-0.05, 0) is 42.5 Å². The smallest absolute Gasteiger partial charge is 0.261 e. The van der Waals surface area contributed by atoms with Crippen molar-refractivity contribution in [2.24, 2.45) is 0 Å². The lowest BCUT2D eigenvalue weighted by atomic mass is 9.98. The molecule has 0 spiro atoms. The number of amides is 3. The van der Waals surface area contributed by atoms with Crippen molar-refractivity contribution < 1.29 is 14.4 Å². The minimum absolute atomic E-state index is 0.109. The summed E-state index contributed by atoms with van der Waals surface area (Å²) in [6.45, 7) is 6.39. The van der Waals surface area contributed by atoms with Crippen molar-refractivity contribution in [3.05, 3.63) is 64.7 Å². The van der Waals surface area contributed by atoms with E-state index in [0.29, 0.717) is 23.5 Å². The Kier molecular flexibility index (Phi) is 5.40. The van der Waals surface area contributed by atoms with E-state index in [0.717, 1.165) is 16.8 Å². The number of nitrogens with one attached hydrogen (secondary N) is 1. The predicted molar refractivity (Wildman–Crippen MR) is 105 cm³/mol. The number of rotatable bonds is 6. The summed E-state index contributed by atoms with van der Waals surface area (Å²) in [5, 5.41) is 3.00. The molecule has 1 heterocycles. The predicted octanol–water partition coefficient (Wildman–Crippen LogP) is 4.13. The molecule has 0 saturated heterocycles. The van der Waals surface area contributed by atoms with E-state index in [9.17, 15) is 14.4 Å². The van der Waals surface area contributed by atoms with Crippen LogP contribution in [-0.2, 0) is 4.79 Å². The van der Waals surface area contributed by atoms with Crippen LogP contribution in [0.15, 0.2) is 42.5 Å². The van der Waals surface area contributed by atoms with E-state index in [1.54, 1.807) is 24.3 Å². The Bertz CT molecular complexity index is 867. The lowest BCUT2D eigenvalue weighted by Crippen LogP contribution is -2.31. The average molecular weight is 364 g/mol. The molecule has 2 aromatic carbocycles. The van der Waals surface area contributed by atoms with E-state index < -0.39 is 0 Å². The molecule has 5 nitrogen and oxygen atoms in total. The van der Waals surface area contributed by atoms with Crippen LogP contribution >= 0.6 is 0 Å². The van der Waals surface area contributed by atoms with E-state index >= 15 is 0 Å². The fourth-order valence-electron chi connectivity index (χ4n) is 3.38. The summed E-state index contributed by atoms with van der Waals surface area (Å²) in [7, 11) is 0. The second-order valence-electron chi connectivity index (χ2n) is 7.15. The highest BCUT2D eigenvalue weighted by Crippen LogP contribution is 2.28. The van der Waals surface area contributed by atoms with Gasteiger partial charge in [-0.3, -0.25) is 19.3 Å². The molecule has 3 amide bonds. The van der Waals surface area contributed by atoms with Crippen LogP contribution in [0.25, 0.3) is 0 Å². The first-order chi connectivity index (χ1) is 12.9. The zero-order valence-electron chi connectivity index (χ0n) is 15.9. The summed E-state index contributed by atoms with van der Waals surface area (Å²) in [6.07, 6.45) is 0.680. The monoisotopic (exact) mass is 364 g/mol. The number of carbonyl (C=O) groups excluding carboxylic acids is 3. The number of fused-ring (bicyclic) bond motifs is 1. The molecule has 0 atom stereocenters. The molecule has 1 aliphatic heterocycles. The third kappa shape index (κ3) is 3.77. The van der Waals surface area contributed by atoms with Gasteiger partial charge in [0.2, 0.25) is 5.91 Å². The number of para-hydroxylation sites is 1. The third-order valence-corrected chi connectivity index (χ3v) is 4.86. The Balaban J connectivity index is 1.59. The van der Waals surface area contributed by atoms with Crippen molar-refractivity contribution >= 4 is 23.4 Å². The van der Waals surface area contributed by atoms with Crippen LogP contribution in [0.2, 0.25) is 0 Å². The van der Waals surface area contributed by atoms with Crippen LogP contribution in [0.5, 0.6) is 0 Å². The van der Waals surface area contributed by atoms with Crippen LogP contribution in [0.4, 0.5) is 5.69 Å². The van der Waals surface area contributed by atoms with Crippen molar-refractivity contribution in [2.45, 2.75) is 39.5 Å². The molecule has 0 bridgehead atoms. The van der Waals surface area contributed by atoms with E-state index in [1.807, 2.05) is 25.1 Å². The minimum Gasteiger partial charge on any atom is -0.326 e. The fourth-order valence-corrected chi connectivity index (χ4v) is 3.38. The third-order valence-electron chi connectivity index (χ3n) is 4.86. The molecule has 27 heavy (non-hydrogen) atoms. The molecule has 0 radical (unpaired) electrons. The second-order valence-corrected chi connectivity index (χ2v) is 7.15. The Morgan fingerprint density at radius 1 is 1.00 bits per heavy atom. The van der Waals surface area contributed by atoms with Gasteiger partial charge in [0.25, 0.3) is 11.8 Å². The molecule has 1 N–H and O–H groups in total. The van der Waals surface area contributed by atoms with Gasteiger partial charge in [0.05, 0.1) is 11.1 Å². The van der Waals surface area contributed by atoms with Gasteiger partial charge in [0.1, 0.15) is 0 Å². The minimum atomic E-state index is -0.281. The summed E-state index contributed by atoms with van der Waals surface area (Å²) in [5.74, 6) is -0.365. The lowest BCUT2D eigenvalue weighted by molar-refractivity contribution is -0.116. The molecule has 140 valence electrons. The number of aryl methyl sites for hydroxylation is 1. The fraction of sp³-hybridized carbons (Fsp3) is 0.318. The molecule has 0 fully saturated rings. The quantitative estimate of drug-likeness (QED) is 0.784. The van der Waals surface area contributed by atoms with Crippen LogP contribution in [0.1, 0.15) is 64.4 Å². The molecule has 1 aliphatic rings. The molecule has 0 saturated carbocycles. The van der Waals surface area contributed by atoms with E-state index in [1.165, 1.54) is 4.90 Å². The Morgan fingerprint density at radius 2 is 1.63 bits per heavy atom. The van der Waals surface area contributed by atoms with Crippen molar-refractivity contribution in [2.75, 3.05) is 11.9 Å². The molecule has 0 aliphatic carbocycles. The zero-order valence-corrected chi connectivity index (χ0v) is 15.9. The number of hydrogen-bond donors (Lipinski definition) is 1. The number of imide groups is 1. The number of benzene rings is 2. The molecular formula is C22H24N2O3. The number of carbonyl (C=O) groups is 3. The van der Waals surface area contributed by atoms with Crippen molar-refractivity contribution in [1.29, 1.82) is 0 Å². The van der Waals surface area contributed by atoms with Gasteiger partial charge >= 0.3 is 0 Å². The van der Waals surface area contributed by atoms with Crippen LogP contribution in [-0.4, -0.2) is 29.2 Å². The summed E-state index contributed by atoms with van der Waals surface area (Å²) in [5.41, 5.74) is 3.86. The summed E-state index contributed by atoms with van der Waals surface area (Å²) >= 11 is 0. The van der Waals surface area contributed by atoms with E-state index in [-0.39, 0.29) is 30.7 Å². The normalized spacial score (nSPS) is 13.3. The number of anilines is 1. The first kappa shape index (κ1) is 18.8. The van der Waals surface area contributed by atoms with Gasteiger partial charge in [0, 0.05) is 18.7 Å². The largest absolute Gasteiger partial charge is 0.326 e. The number of nitrogens with zero attached hydrogens (tertiary/aromatic N) is 1. The molecule has 0 aromatic heterocycles. The Labute approximate surface area is 159 Å². The highest BCUT2D eigenvalue weighted by atomic mass is 16.2. The highest BCUT2D eigenvalue weighted by molar-refractivity contribution is 6.21. The van der Waals surface area contributed by atoms with Crippen molar-refractivity contribution in [3.63, 3.8) is 0 Å². The van der Waals surface area contributed by atoms with Crippen LogP contribution in [0.3, 0.4) is 0 Å². The maximum absolute atomic E-state index is 12.4. The second kappa shape index (κ2) is 7.74. The molecule has 0 unspecified atom stereocenters. The van der Waals surface area contributed by atoms with Crippen LogP contribution in [0, 0.1) is 6.92 Å². The Hall–Kier alpha value is -2.95. The molecule has 5 heteroatoms. The number of hydrogen-bond acceptors (Lipinski definition) is 3. The summed E-state index contributed by atoms with van der Waals surface area (Å²) in [6, 6.07) is 12.8. The zero-order chi connectivity index (χ0) is 19.6. The van der Waals surface area contributed by atoms with Crippen LogP contribution < -0.4 is 5.32 Å². The SMILES string of the molecule is Cc1cccc(C(C)C)c1NC(=O)CCCN1C(=O)c2ccccc2C1=O. The van der Waals surface area contributed by atoms with Gasteiger partial charge in [0.15, 0.2) is 0 Å². The summed E-state index contributed by atoms with van der Waals surface area (Å²) < 4.78 is 0. The van der Waals surface area contributed by atoms with Gasteiger partial charge in [-0.25, -0.2) is 0 Å². The molecule has 2 aromatic rings. The van der Waals surface area contributed by atoms with E-state index in [2.05, 4.69) is 19.2 Å². The molecular weight excluding hydrogens is 340 g/mol.